The zero-order valence-electron chi connectivity index (χ0n) is 13.0. The predicted molar refractivity (Wildman–Crippen MR) is 84.0 cm³/mol. The van der Waals surface area contributed by atoms with Crippen molar-refractivity contribution in [2.24, 2.45) is 11.8 Å². The second-order valence-electron chi connectivity index (χ2n) is 5.96. The van der Waals surface area contributed by atoms with Gasteiger partial charge in [0.2, 0.25) is 0 Å². The van der Waals surface area contributed by atoms with E-state index in [1.807, 2.05) is 37.1 Å². The van der Waals surface area contributed by atoms with Crippen molar-refractivity contribution in [3.63, 3.8) is 0 Å². The zero-order chi connectivity index (χ0) is 15.4. The molecule has 0 heterocycles. The number of rotatable bonds is 4. The van der Waals surface area contributed by atoms with Crippen molar-refractivity contribution >= 4 is 5.91 Å². The van der Waals surface area contributed by atoms with Gasteiger partial charge in [-0.25, -0.2) is 0 Å². The van der Waals surface area contributed by atoms with Crippen molar-refractivity contribution in [2.45, 2.75) is 26.7 Å². The average Bonchev–Trinajstić information content (AvgIpc) is 3.15. The van der Waals surface area contributed by atoms with Gasteiger partial charge in [-0.3, -0.25) is 4.79 Å². The van der Waals surface area contributed by atoms with E-state index >= 15 is 0 Å². The number of aliphatic hydroxyl groups is 1. The fraction of sp³-hybridized carbons (Fsp3) is 0.500. The number of benzene rings is 1. The van der Waals surface area contributed by atoms with Crippen molar-refractivity contribution in [1.82, 2.24) is 4.90 Å². The molecule has 1 aliphatic carbocycles. The summed E-state index contributed by atoms with van der Waals surface area (Å²) >= 11 is 0. The van der Waals surface area contributed by atoms with Gasteiger partial charge in [0.15, 0.2) is 0 Å². The maximum Gasteiger partial charge on any atom is 0.253 e. The van der Waals surface area contributed by atoms with Gasteiger partial charge < -0.3 is 10.0 Å². The molecular formula is C18H23NO2. The first kappa shape index (κ1) is 15.6. The Labute approximate surface area is 127 Å². The summed E-state index contributed by atoms with van der Waals surface area (Å²) in [5.41, 5.74) is 2.60. The summed E-state index contributed by atoms with van der Waals surface area (Å²) in [4.78, 5) is 14.3. The van der Waals surface area contributed by atoms with E-state index in [-0.39, 0.29) is 12.5 Å². The van der Waals surface area contributed by atoms with Crippen LogP contribution in [0.1, 0.15) is 41.3 Å². The Balaban J connectivity index is 2.10. The molecule has 21 heavy (non-hydrogen) atoms. The Hall–Kier alpha value is -1.79. The molecule has 112 valence electrons. The third-order valence-electron chi connectivity index (χ3n) is 4.08. The van der Waals surface area contributed by atoms with Gasteiger partial charge >= 0.3 is 0 Å². The molecule has 1 amide bonds. The molecule has 1 N–H and O–H groups in total. The van der Waals surface area contributed by atoms with Gasteiger partial charge in [-0.15, -0.1) is 0 Å². The number of hydrogen-bond donors (Lipinski definition) is 1. The normalized spacial score (nSPS) is 19.6. The molecule has 3 nitrogen and oxygen atoms in total. The Kier molecular flexibility index (Phi) is 5.03. The lowest BCUT2D eigenvalue weighted by Gasteiger charge is -2.17. The number of amides is 1. The number of nitrogens with zero attached hydrogens (tertiary/aromatic N) is 1. The Morgan fingerprint density at radius 1 is 1.48 bits per heavy atom. The summed E-state index contributed by atoms with van der Waals surface area (Å²) in [6, 6.07) is 5.65. The fourth-order valence-corrected chi connectivity index (χ4v) is 2.41. The molecule has 2 unspecified atom stereocenters. The lowest BCUT2D eigenvalue weighted by Crippen LogP contribution is -2.29. The highest BCUT2D eigenvalue weighted by atomic mass is 16.2. The molecule has 0 radical (unpaired) electrons. The topological polar surface area (TPSA) is 40.5 Å². The van der Waals surface area contributed by atoms with Crippen LogP contribution >= 0.6 is 0 Å². The van der Waals surface area contributed by atoms with E-state index < -0.39 is 0 Å². The van der Waals surface area contributed by atoms with Crippen LogP contribution in [0.5, 0.6) is 0 Å². The van der Waals surface area contributed by atoms with Crippen LogP contribution in [0.4, 0.5) is 0 Å². The van der Waals surface area contributed by atoms with Crippen molar-refractivity contribution in [3.8, 4) is 11.8 Å². The number of hydrogen-bond acceptors (Lipinski definition) is 2. The van der Waals surface area contributed by atoms with Crippen LogP contribution in [-0.4, -0.2) is 36.1 Å². The summed E-state index contributed by atoms with van der Waals surface area (Å²) in [6.45, 7) is 5.10. The van der Waals surface area contributed by atoms with E-state index in [4.69, 9.17) is 5.11 Å². The van der Waals surface area contributed by atoms with Crippen LogP contribution in [0.15, 0.2) is 18.2 Å². The van der Waals surface area contributed by atoms with Crippen molar-refractivity contribution in [2.75, 3.05) is 20.2 Å². The molecule has 2 rings (SSSR count). The van der Waals surface area contributed by atoms with Gasteiger partial charge in [-0.1, -0.05) is 24.8 Å². The third-order valence-corrected chi connectivity index (χ3v) is 4.08. The van der Waals surface area contributed by atoms with Gasteiger partial charge in [0, 0.05) is 31.1 Å². The molecule has 2 atom stereocenters. The minimum atomic E-state index is 0.0549. The summed E-state index contributed by atoms with van der Waals surface area (Å²) < 4.78 is 0. The van der Waals surface area contributed by atoms with E-state index in [0.717, 1.165) is 23.6 Å². The average molecular weight is 285 g/mol. The largest absolute Gasteiger partial charge is 0.395 e. The molecule has 0 bridgehead atoms. The first-order chi connectivity index (χ1) is 10.0. The fourth-order valence-electron chi connectivity index (χ4n) is 2.41. The van der Waals surface area contributed by atoms with E-state index in [1.54, 1.807) is 0 Å². The Morgan fingerprint density at radius 3 is 2.81 bits per heavy atom. The summed E-state index contributed by atoms with van der Waals surface area (Å²) in [5, 5.41) is 8.78. The van der Waals surface area contributed by atoms with Gasteiger partial charge in [0.05, 0.1) is 6.61 Å². The van der Waals surface area contributed by atoms with Crippen molar-refractivity contribution in [1.29, 1.82) is 0 Å². The quantitative estimate of drug-likeness (QED) is 0.863. The summed E-state index contributed by atoms with van der Waals surface area (Å²) in [6.07, 6.45) is 1.68. The lowest BCUT2D eigenvalue weighted by molar-refractivity contribution is 0.0787. The first-order valence-electron chi connectivity index (χ1n) is 7.48. The zero-order valence-corrected chi connectivity index (χ0v) is 13.0. The van der Waals surface area contributed by atoms with E-state index in [9.17, 15) is 4.79 Å². The maximum atomic E-state index is 12.4. The minimum absolute atomic E-state index is 0.0549. The lowest BCUT2D eigenvalue weighted by atomic mass is 10.0. The van der Waals surface area contributed by atoms with Crippen LogP contribution < -0.4 is 0 Å². The molecule has 1 aromatic carbocycles. The molecule has 1 aromatic rings. The number of carbonyl (C=O) groups is 1. The molecular weight excluding hydrogens is 262 g/mol. The first-order valence-corrected chi connectivity index (χ1v) is 7.48. The molecule has 0 aromatic heterocycles. The second-order valence-corrected chi connectivity index (χ2v) is 5.96. The maximum absolute atomic E-state index is 12.4. The molecule has 1 saturated carbocycles. The SMILES string of the molecule is Cc1ccc(C(=O)N(C)CC2CC2C)cc1C#CCCO. The Bertz CT molecular complexity index is 583. The minimum Gasteiger partial charge on any atom is -0.395 e. The molecule has 0 aliphatic heterocycles. The van der Waals surface area contributed by atoms with Gasteiger partial charge in [-0.05, 0) is 42.9 Å². The van der Waals surface area contributed by atoms with E-state index in [2.05, 4.69) is 18.8 Å². The third kappa shape index (κ3) is 4.09. The van der Waals surface area contributed by atoms with E-state index in [1.165, 1.54) is 6.42 Å². The van der Waals surface area contributed by atoms with Gasteiger partial charge in [0.1, 0.15) is 0 Å². The summed E-state index contributed by atoms with van der Waals surface area (Å²) in [7, 11) is 1.87. The number of aryl methyl sites for hydroxylation is 1. The molecule has 0 saturated heterocycles. The van der Waals surface area contributed by atoms with Crippen LogP contribution in [-0.2, 0) is 0 Å². The molecule has 0 spiro atoms. The van der Waals surface area contributed by atoms with Crippen LogP contribution in [0, 0.1) is 30.6 Å². The highest BCUT2D eigenvalue weighted by Crippen LogP contribution is 2.38. The second kappa shape index (κ2) is 6.78. The van der Waals surface area contributed by atoms with Crippen LogP contribution in [0.2, 0.25) is 0 Å². The van der Waals surface area contributed by atoms with Crippen molar-refractivity contribution < 1.29 is 9.90 Å². The monoisotopic (exact) mass is 285 g/mol. The van der Waals surface area contributed by atoms with Crippen molar-refractivity contribution in [3.05, 3.63) is 34.9 Å². The molecule has 1 fully saturated rings. The van der Waals surface area contributed by atoms with Crippen LogP contribution in [0.25, 0.3) is 0 Å². The van der Waals surface area contributed by atoms with Gasteiger partial charge in [-0.2, -0.15) is 0 Å². The highest BCUT2D eigenvalue weighted by Gasteiger charge is 2.34. The standard InChI is InChI=1S/C18H23NO2/c1-13-7-8-16(11-15(13)6-4-5-9-20)18(21)19(3)12-17-10-14(17)2/h7-8,11,14,17,20H,5,9-10,12H2,1-3H3. The molecule has 1 aliphatic rings. The van der Waals surface area contributed by atoms with Gasteiger partial charge in [0.25, 0.3) is 5.91 Å². The predicted octanol–water partition coefficient (Wildman–Crippen LogP) is 2.46. The highest BCUT2D eigenvalue weighted by molar-refractivity contribution is 5.94. The number of aliphatic hydroxyl groups excluding tert-OH is 1. The van der Waals surface area contributed by atoms with Crippen LogP contribution in [0.3, 0.4) is 0 Å². The Morgan fingerprint density at radius 2 is 2.19 bits per heavy atom. The smallest absolute Gasteiger partial charge is 0.253 e. The molecule has 3 heteroatoms. The van der Waals surface area contributed by atoms with E-state index in [0.29, 0.717) is 17.9 Å². The number of carbonyl (C=O) groups excluding carboxylic acids is 1. The summed E-state index contributed by atoms with van der Waals surface area (Å²) in [5.74, 6) is 7.40.